The van der Waals surface area contributed by atoms with Gasteiger partial charge in [0.15, 0.2) is 0 Å². The van der Waals surface area contributed by atoms with Gasteiger partial charge in [-0.2, -0.15) is 5.10 Å². The van der Waals surface area contributed by atoms with E-state index in [1.807, 2.05) is 17.9 Å². The zero-order valence-corrected chi connectivity index (χ0v) is 8.91. The number of hydrogen-bond donors (Lipinski definition) is 1. The highest BCUT2D eigenvalue weighted by Crippen LogP contribution is 2.20. The number of aromatic nitrogens is 2. The zero-order chi connectivity index (χ0) is 9.84. The van der Waals surface area contributed by atoms with Crippen LogP contribution in [0.25, 0.3) is 0 Å². The SMILES string of the molecule is CCNC(c1ccnn1C)C(C)C. The van der Waals surface area contributed by atoms with Gasteiger partial charge in [0.25, 0.3) is 0 Å². The summed E-state index contributed by atoms with van der Waals surface area (Å²) in [6.07, 6.45) is 1.85. The van der Waals surface area contributed by atoms with Crippen LogP contribution in [-0.2, 0) is 7.05 Å². The molecule has 0 saturated heterocycles. The number of hydrogen-bond acceptors (Lipinski definition) is 2. The Hall–Kier alpha value is -0.830. The predicted octanol–water partition coefficient (Wildman–Crippen LogP) is 1.73. The Balaban J connectivity index is 2.82. The molecule has 1 aromatic rings. The van der Waals surface area contributed by atoms with Crippen LogP contribution in [0.4, 0.5) is 0 Å². The largest absolute Gasteiger partial charge is 0.309 e. The summed E-state index contributed by atoms with van der Waals surface area (Å²) in [7, 11) is 1.99. The van der Waals surface area contributed by atoms with Crippen molar-refractivity contribution in [3.8, 4) is 0 Å². The number of aryl methyl sites for hydroxylation is 1. The molecule has 1 aromatic heterocycles. The molecular formula is C10H19N3. The van der Waals surface area contributed by atoms with Gasteiger partial charge in [0, 0.05) is 13.2 Å². The summed E-state index contributed by atoms with van der Waals surface area (Å²) in [6, 6.07) is 2.49. The van der Waals surface area contributed by atoms with Crippen molar-refractivity contribution in [3.05, 3.63) is 18.0 Å². The Morgan fingerprint density at radius 3 is 2.62 bits per heavy atom. The van der Waals surface area contributed by atoms with E-state index in [0.29, 0.717) is 12.0 Å². The molecule has 1 heterocycles. The van der Waals surface area contributed by atoms with E-state index in [2.05, 4.69) is 37.3 Å². The average Bonchev–Trinajstić information content (AvgIpc) is 2.47. The quantitative estimate of drug-likeness (QED) is 0.766. The fourth-order valence-electron chi connectivity index (χ4n) is 1.59. The van der Waals surface area contributed by atoms with Crippen molar-refractivity contribution in [1.29, 1.82) is 0 Å². The van der Waals surface area contributed by atoms with E-state index in [9.17, 15) is 0 Å². The number of nitrogens with one attached hydrogen (secondary N) is 1. The van der Waals surface area contributed by atoms with Gasteiger partial charge in [-0.25, -0.2) is 0 Å². The Kier molecular flexibility index (Phi) is 3.48. The van der Waals surface area contributed by atoms with Crippen LogP contribution >= 0.6 is 0 Å². The highest BCUT2D eigenvalue weighted by Gasteiger charge is 2.16. The molecule has 1 N–H and O–H groups in total. The van der Waals surface area contributed by atoms with E-state index < -0.39 is 0 Å². The maximum absolute atomic E-state index is 4.18. The standard InChI is InChI=1S/C10H19N3/c1-5-11-10(8(2)3)9-6-7-12-13(9)4/h6-8,10-11H,5H2,1-4H3. The Labute approximate surface area is 80.1 Å². The number of rotatable bonds is 4. The van der Waals surface area contributed by atoms with Crippen molar-refractivity contribution in [3.63, 3.8) is 0 Å². The van der Waals surface area contributed by atoms with Gasteiger partial charge in [0.05, 0.1) is 11.7 Å². The average molecular weight is 181 g/mol. The third-order valence-corrected chi connectivity index (χ3v) is 2.27. The minimum atomic E-state index is 0.414. The first-order valence-corrected chi connectivity index (χ1v) is 4.88. The Morgan fingerprint density at radius 2 is 2.23 bits per heavy atom. The van der Waals surface area contributed by atoms with Crippen molar-refractivity contribution in [2.24, 2.45) is 13.0 Å². The summed E-state index contributed by atoms with van der Waals surface area (Å²) >= 11 is 0. The lowest BCUT2D eigenvalue weighted by Gasteiger charge is -2.21. The van der Waals surface area contributed by atoms with E-state index in [4.69, 9.17) is 0 Å². The van der Waals surface area contributed by atoms with E-state index in [-0.39, 0.29) is 0 Å². The topological polar surface area (TPSA) is 29.9 Å². The summed E-state index contributed by atoms with van der Waals surface area (Å²) < 4.78 is 1.94. The fourth-order valence-corrected chi connectivity index (χ4v) is 1.59. The van der Waals surface area contributed by atoms with Gasteiger partial charge in [-0.3, -0.25) is 4.68 Å². The molecule has 3 nitrogen and oxygen atoms in total. The second kappa shape index (κ2) is 4.42. The molecule has 1 atom stereocenters. The van der Waals surface area contributed by atoms with Crippen molar-refractivity contribution < 1.29 is 0 Å². The van der Waals surface area contributed by atoms with Crippen LogP contribution < -0.4 is 5.32 Å². The first-order chi connectivity index (χ1) is 6.16. The van der Waals surface area contributed by atoms with E-state index in [1.54, 1.807) is 0 Å². The molecule has 0 radical (unpaired) electrons. The van der Waals surface area contributed by atoms with Crippen LogP contribution in [0.5, 0.6) is 0 Å². The third kappa shape index (κ3) is 2.31. The van der Waals surface area contributed by atoms with Crippen LogP contribution in [0, 0.1) is 5.92 Å². The monoisotopic (exact) mass is 181 g/mol. The molecule has 0 aromatic carbocycles. The molecule has 0 fully saturated rings. The van der Waals surface area contributed by atoms with Crippen molar-refractivity contribution in [2.75, 3.05) is 6.54 Å². The first kappa shape index (κ1) is 10.3. The lowest BCUT2D eigenvalue weighted by Crippen LogP contribution is -2.27. The highest BCUT2D eigenvalue weighted by atomic mass is 15.3. The first-order valence-electron chi connectivity index (χ1n) is 4.88. The zero-order valence-electron chi connectivity index (χ0n) is 8.91. The summed E-state index contributed by atoms with van der Waals surface area (Å²) in [4.78, 5) is 0. The van der Waals surface area contributed by atoms with E-state index in [1.165, 1.54) is 5.69 Å². The molecule has 0 bridgehead atoms. The maximum Gasteiger partial charge on any atom is 0.0552 e. The molecule has 0 aliphatic carbocycles. The number of nitrogens with zero attached hydrogens (tertiary/aromatic N) is 2. The molecule has 74 valence electrons. The second-order valence-corrected chi connectivity index (χ2v) is 3.66. The van der Waals surface area contributed by atoms with Gasteiger partial charge >= 0.3 is 0 Å². The van der Waals surface area contributed by atoms with Crippen LogP contribution in [0.3, 0.4) is 0 Å². The van der Waals surface area contributed by atoms with Crippen LogP contribution in [0.1, 0.15) is 32.5 Å². The minimum Gasteiger partial charge on any atom is -0.309 e. The molecule has 0 spiro atoms. The molecule has 0 amide bonds. The van der Waals surface area contributed by atoms with Crippen molar-refractivity contribution >= 4 is 0 Å². The van der Waals surface area contributed by atoms with Gasteiger partial charge < -0.3 is 5.32 Å². The third-order valence-electron chi connectivity index (χ3n) is 2.27. The lowest BCUT2D eigenvalue weighted by molar-refractivity contribution is 0.398. The van der Waals surface area contributed by atoms with Crippen molar-refractivity contribution in [2.45, 2.75) is 26.8 Å². The Bertz CT molecular complexity index is 252. The molecule has 3 heteroatoms. The van der Waals surface area contributed by atoms with Gasteiger partial charge in [-0.05, 0) is 18.5 Å². The maximum atomic E-state index is 4.18. The van der Waals surface area contributed by atoms with Gasteiger partial charge in [0.2, 0.25) is 0 Å². The van der Waals surface area contributed by atoms with Crippen LogP contribution in [-0.4, -0.2) is 16.3 Å². The normalized spacial score (nSPS) is 13.6. The molecule has 1 unspecified atom stereocenters. The Morgan fingerprint density at radius 1 is 1.54 bits per heavy atom. The second-order valence-electron chi connectivity index (χ2n) is 3.66. The van der Waals surface area contributed by atoms with Gasteiger partial charge in [-0.15, -0.1) is 0 Å². The smallest absolute Gasteiger partial charge is 0.0552 e. The predicted molar refractivity (Wildman–Crippen MR) is 54.5 cm³/mol. The van der Waals surface area contributed by atoms with Crippen LogP contribution in [0.2, 0.25) is 0 Å². The molecular weight excluding hydrogens is 162 g/mol. The lowest BCUT2D eigenvalue weighted by atomic mass is 10.0. The van der Waals surface area contributed by atoms with Crippen LogP contribution in [0.15, 0.2) is 12.3 Å². The molecule has 1 rings (SSSR count). The summed E-state index contributed by atoms with van der Waals surface area (Å²) in [5.74, 6) is 0.593. The molecule has 13 heavy (non-hydrogen) atoms. The molecule has 0 aliphatic heterocycles. The van der Waals surface area contributed by atoms with Gasteiger partial charge in [0.1, 0.15) is 0 Å². The molecule has 0 aliphatic rings. The fraction of sp³-hybridized carbons (Fsp3) is 0.700. The van der Waals surface area contributed by atoms with Gasteiger partial charge in [-0.1, -0.05) is 20.8 Å². The van der Waals surface area contributed by atoms with E-state index in [0.717, 1.165) is 6.54 Å². The van der Waals surface area contributed by atoms with E-state index >= 15 is 0 Å². The highest BCUT2D eigenvalue weighted by molar-refractivity contribution is 5.07. The summed E-state index contributed by atoms with van der Waals surface area (Å²) in [6.45, 7) is 7.57. The minimum absolute atomic E-state index is 0.414. The molecule has 0 saturated carbocycles. The summed E-state index contributed by atoms with van der Waals surface area (Å²) in [5.41, 5.74) is 1.26. The summed E-state index contributed by atoms with van der Waals surface area (Å²) in [5, 5.41) is 7.64. The van der Waals surface area contributed by atoms with Crippen molar-refractivity contribution in [1.82, 2.24) is 15.1 Å².